The molecule has 0 fully saturated rings. The Labute approximate surface area is 104 Å². The van der Waals surface area contributed by atoms with E-state index in [0.717, 1.165) is 12.1 Å². The first-order valence-corrected chi connectivity index (χ1v) is 5.59. The molecule has 0 saturated heterocycles. The van der Waals surface area contributed by atoms with Gasteiger partial charge in [-0.05, 0) is 13.8 Å². The molecule has 6 heteroatoms. The maximum atomic E-state index is 13.5. The van der Waals surface area contributed by atoms with Crippen LogP contribution < -0.4 is 9.47 Å². The molecule has 1 rings (SSSR count). The molecule has 4 nitrogen and oxygen atoms in total. The lowest BCUT2D eigenvalue weighted by Gasteiger charge is -2.10. The molecule has 0 aromatic heterocycles. The van der Waals surface area contributed by atoms with Crippen LogP contribution in [0.4, 0.5) is 8.78 Å². The number of hydrogen-bond donors (Lipinski definition) is 0. The summed E-state index contributed by atoms with van der Waals surface area (Å²) in [6.45, 7) is 4.13. The smallest absolute Gasteiger partial charge is 0.189 e. The zero-order valence-corrected chi connectivity index (χ0v) is 10.4. The second kappa shape index (κ2) is 7.84. The van der Waals surface area contributed by atoms with E-state index in [1.165, 1.54) is 0 Å². The van der Waals surface area contributed by atoms with Crippen molar-refractivity contribution in [3.05, 3.63) is 23.8 Å². The Morgan fingerprint density at radius 2 is 1.22 bits per heavy atom. The third kappa shape index (κ3) is 4.46. The van der Waals surface area contributed by atoms with E-state index >= 15 is 0 Å². The first-order valence-electron chi connectivity index (χ1n) is 5.59. The van der Waals surface area contributed by atoms with Crippen molar-refractivity contribution in [2.45, 2.75) is 13.8 Å². The highest BCUT2D eigenvalue weighted by atomic mass is 19.1. The lowest BCUT2D eigenvalue weighted by atomic mass is 10.3. The van der Waals surface area contributed by atoms with Gasteiger partial charge in [0.15, 0.2) is 36.7 Å². The minimum atomic E-state index is -0.720. The maximum Gasteiger partial charge on any atom is 0.189 e. The summed E-state index contributed by atoms with van der Waals surface area (Å²) in [6, 6.07) is 1.82. The van der Waals surface area contributed by atoms with Crippen molar-refractivity contribution < 1.29 is 27.7 Å². The molecule has 1 aromatic carbocycles. The van der Waals surface area contributed by atoms with E-state index in [1.807, 2.05) is 0 Å². The van der Waals surface area contributed by atoms with Gasteiger partial charge in [0, 0.05) is 25.3 Å². The number of ether oxygens (including phenoxy) is 4. The van der Waals surface area contributed by atoms with E-state index in [-0.39, 0.29) is 25.1 Å². The fraction of sp³-hybridized carbons (Fsp3) is 0.500. The third-order valence-electron chi connectivity index (χ3n) is 1.99. The van der Waals surface area contributed by atoms with E-state index in [4.69, 9.17) is 18.9 Å². The Hall–Kier alpha value is -1.40. The molecule has 0 unspecified atom stereocenters. The van der Waals surface area contributed by atoms with Gasteiger partial charge >= 0.3 is 0 Å². The summed E-state index contributed by atoms with van der Waals surface area (Å²) in [4.78, 5) is 0. The third-order valence-corrected chi connectivity index (χ3v) is 1.99. The Balaban J connectivity index is 2.64. The Morgan fingerprint density at radius 1 is 0.833 bits per heavy atom. The van der Waals surface area contributed by atoms with Crippen molar-refractivity contribution in [3.63, 3.8) is 0 Å². The summed E-state index contributed by atoms with van der Waals surface area (Å²) in [5.41, 5.74) is 0. The van der Waals surface area contributed by atoms with Crippen LogP contribution in [-0.4, -0.2) is 26.8 Å². The van der Waals surface area contributed by atoms with Crippen molar-refractivity contribution in [3.8, 4) is 11.5 Å². The number of benzene rings is 1. The number of rotatable bonds is 8. The standard InChI is InChI=1S/C12H16F2O4/c1-3-15-7-17-11-5-10(14)12(6-9(11)13)18-8-16-4-2/h5-6H,3-4,7-8H2,1-2H3. The quantitative estimate of drug-likeness (QED) is 0.533. The molecule has 0 aliphatic carbocycles. The van der Waals surface area contributed by atoms with Crippen LogP contribution in [0.5, 0.6) is 11.5 Å². The van der Waals surface area contributed by atoms with Crippen LogP contribution in [0.1, 0.15) is 13.8 Å². The van der Waals surface area contributed by atoms with Crippen LogP contribution in [0.3, 0.4) is 0 Å². The van der Waals surface area contributed by atoms with Gasteiger partial charge in [0.2, 0.25) is 0 Å². The summed E-state index contributed by atoms with van der Waals surface area (Å²) in [6.07, 6.45) is 0. The molecule has 0 aliphatic heterocycles. The highest BCUT2D eigenvalue weighted by molar-refractivity contribution is 5.34. The van der Waals surface area contributed by atoms with Crippen LogP contribution in [0.2, 0.25) is 0 Å². The molecule has 0 heterocycles. The fourth-order valence-electron chi connectivity index (χ4n) is 1.11. The van der Waals surface area contributed by atoms with Crippen LogP contribution >= 0.6 is 0 Å². The van der Waals surface area contributed by atoms with Crippen molar-refractivity contribution in [1.82, 2.24) is 0 Å². The predicted octanol–water partition coefficient (Wildman–Crippen LogP) is 2.71. The minimum Gasteiger partial charge on any atom is -0.464 e. The van der Waals surface area contributed by atoms with Gasteiger partial charge in [-0.3, -0.25) is 0 Å². The van der Waals surface area contributed by atoms with E-state index < -0.39 is 11.6 Å². The largest absolute Gasteiger partial charge is 0.464 e. The molecular weight excluding hydrogens is 246 g/mol. The Morgan fingerprint density at radius 3 is 1.56 bits per heavy atom. The van der Waals surface area contributed by atoms with Crippen molar-refractivity contribution >= 4 is 0 Å². The summed E-state index contributed by atoms with van der Waals surface area (Å²) in [5.74, 6) is -1.88. The number of hydrogen-bond acceptors (Lipinski definition) is 4. The average Bonchev–Trinajstić information content (AvgIpc) is 2.35. The Kier molecular flexibility index (Phi) is 6.38. The van der Waals surface area contributed by atoms with Crippen LogP contribution in [0, 0.1) is 11.6 Å². The molecule has 18 heavy (non-hydrogen) atoms. The Bertz CT molecular complexity index is 336. The van der Waals surface area contributed by atoms with Crippen molar-refractivity contribution in [1.29, 1.82) is 0 Å². The summed E-state index contributed by atoms with van der Waals surface area (Å²) >= 11 is 0. The first-order chi connectivity index (χ1) is 8.69. The molecule has 0 aliphatic rings. The zero-order valence-electron chi connectivity index (χ0n) is 10.4. The monoisotopic (exact) mass is 262 g/mol. The number of halogens is 2. The molecule has 0 radical (unpaired) electrons. The average molecular weight is 262 g/mol. The SMILES string of the molecule is CCOCOc1cc(F)c(OCOCC)cc1F. The highest BCUT2D eigenvalue weighted by Gasteiger charge is 2.12. The topological polar surface area (TPSA) is 36.9 Å². The molecule has 1 aromatic rings. The molecular formula is C12H16F2O4. The maximum absolute atomic E-state index is 13.5. The molecule has 102 valence electrons. The van der Waals surface area contributed by atoms with E-state index in [9.17, 15) is 8.78 Å². The van der Waals surface area contributed by atoms with Gasteiger partial charge in [-0.15, -0.1) is 0 Å². The molecule has 0 saturated carbocycles. The van der Waals surface area contributed by atoms with Gasteiger partial charge < -0.3 is 18.9 Å². The van der Waals surface area contributed by atoms with Gasteiger partial charge in [-0.1, -0.05) is 0 Å². The first kappa shape index (κ1) is 14.7. The van der Waals surface area contributed by atoms with Crippen LogP contribution in [0.15, 0.2) is 12.1 Å². The molecule has 0 spiro atoms. The summed E-state index contributed by atoms with van der Waals surface area (Å²) in [5, 5.41) is 0. The predicted molar refractivity (Wildman–Crippen MR) is 60.6 cm³/mol. The van der Waals surface area contributed by atoms with Crippen molar-refractivity contribution in [2.75, 3.05) is 26.8 Å². The van der Waals surface area contributed by atoms with Gasteiger partial charge in [-0.25, -0.2) is 8.78 Å². The van der Waals surface area contributed by atoms with Gasteiger partial charge in [0.25, 0.3) is 0 Å². The second-order valence-corrected chi connectivity index (χ2v) is 3.22. The van der Waals surface area contributed by atoms with Crippen LogP contribution in [-0.2, 0) is 9.47 Å². The van der Waals surface area contributed by atoms with Crippen molar-refractivity contribution in [2.24, 2.45) is 0 Å². The van der Waals surface area contributed by atoms with Gasteiger partial charge in [0.1, 0.15) is 0 Å². The summed E-state index contributed by atoms with van der Waals surface area (Å²) in [7, 11) is 0. The van der Waals surface area contributed by atoms with E-state index in [0.29, 0.717) is 13.2 Å². The van der Waals surface area contributed by atoms with E-state index in [1.54, 1.807) is 13.8 Å². The minimum absolute atomic E-state index is 0.133. The molecule has 0 amide bonds. The van der Waals surface area contributed by atoms with Crippen LogP contribution in [0.25, 0.3) is 0 Å². The zero-order chi connectivity index (χ0) is 13.4. The van der Waals surface area contributed by atoms with Gasteiger partial charge in [-0.2, -0.15) is 0 Å². The normalized spacial score (nSPS) is 10.4. The molecule has 0 atom stereocenters. The summed E-state index contributed by atoms with van der Waals surface area (Å²) < 4.78 is 46.6. The van der Waals surface area contributed by atoms with Gasteiger partial charge in [0.05, 0.1) is 0 Å². The molecule has 0 N–H and O–H groups in total. The second-order valence-electron chi connectivity index (χ2n) is 3.22. The lowest BCUT2D eigenvalue weighted by Crippen LogP contribution is -2.06. The fourth-order valence-corrected chi connectivity index (χ4v) is 1.11. The van der Waals surface area contributed by atoms with E-state index in [2.05, 4.69) is 0 Å². The molecule has 0 bridgehead atoms. The lowest BCUT2D eigenvalue weighted by molar-refractivity contribution is 0.0163. The highest BCUT2D eigenvalue weighted by Crippen LogP contribution is 2.26.